The van der Waals surface area contributed by atoms with Crippen LogP contribution in [-0.4, -0.2) is 90.4 Å². The van der Waals surface area contributed by atoms with Gasteiger partial charge in [-0.1, -0.05) is 30.5 Å². The van der Waals surface area contributed by atoms with Crippen LogP contribution in [0.15, 0.2) is 60.0 Å². The number of pyridine rings is 1. The van der Waals surface area contributed by atoms with E-state index in [0.29, 0.717) is 18.5 Å². The van der Waals surface area contributed by atoms with Gasteiger partial charge in [0, 0.05) is 23.4 Å². The number of halogens is 3. The van der Waals surface area contributed by atoms with Gasteiger partial charge in [0.05, 0.1) is 6.04 Å². The molecule has 1 unspecified atom stereocenters. The number of hydrogen-bond donors (Lipinski definition) is 2. The molecule has 2 aliphatic heterocycles. The molecule has 0 aromatic carbocycles. The number of amides is 3. The van der Waals surface area contributed by atoms with E-state index in [1.54, 1.807) is 0 Å². The maximum atomic E-state index is 13.4. The number of carbonyl (C=O) groups is 4. The highest BCUT2D eigenvalue weighted by molar-refractivity contribution is 7.86. The first-order chi connectivity index (χ1) is 23.4. The van der Waals surface area contributed by atoms with Crippen LogP contribution in [0.5, 0.6) is 0 Å². The van der Waals surface area contributed by atoms with Crippen LogP contribution in [0, 0.1) is 13.8 Å². The lowest BCUT2D eigenvalue weighted by molar-refractivity contribution is -0.585. The van der Waals surface area contributed by atoms with Crippen molar-refractivity contribution in [2.45, 2.75) is 44.3 Å². The van der Waals surface area contributed by atoms with Crippen LogP contribution in [0.3, 0.4) is 0 Å². The van der Waals surface area contributed by atoms with Crippen LogP contribution in [0.25, 0.3) is 5.70 Å². The van der Waals surface area contributed by atoms with Crippen LogP contribution in [0.2, 0.25) is 0 Å². The fourth-order valence-electron chi connectivity index (χ4n) is 4.54. The third-order valence-electron chi connectivity index (χ3n) is 6.94. The summed E-state index contributed by atoms with van der Waals surface area (Å²) in [5.41, 5.74) is -2.87. The third kappa shape index (κ3) is 9.30. The zero-order chi connectivity index (χ0) is 37.4. The van der Waals surface area contributed by atoms with Crippen LogP contribution < -0.4 is 15.2 Å². The lowest BCUT2D eigenvalue weighted by Gasteiger charge is -2.49. The zero-order valence-electron chi connectivity index (χ0n) is 26.7. The third-order valence-corrected chi connectivity index (χ3v) is 8.27. The second-order valence-corrected chi connectivity index (χ2v) is 12.5. The molecule has 2 aliphatic rings. The highest BCUT2D eigenvalue weighted by Crippen LogP contribution is 2.37. The van der Waals surface area contributed by atoms with Crippen LogP contribution in [0.4, 0.5) is 23.1 Å². The molecule has 21 heteroatoms. The van der Waals surface area contributed by atoms with E-state index in [2.05, 4.69) is 33.9 Å². The molecule has 1 fully saturated rings. The molecule has 0 radical (unpaired) electrons. The normalized spacial score (nSPS) is 17.3. The molecule has 2 N–H and O–H groups in total. The average Bonchev–Trinajstić information content (AvgIpc) is 3.51. The molecule has 0 aliphatic carbocycles. The zero-order valence-corrected chi connectivity index (χ0v) is 28.3. The first kappa shape index (κ1) is 39.3. The molecule has 4 heterocycles. The molecule has 50 heavy (non-hydrogen) atoms. The highest BCUT2D eigenvalue weighted by Gasteiger charge is 2.56. The number of hydrogen-bond acceptors (Lipinski definition) is 13. The lowest BCUT2D eigenvalue weighted by Crippen LogP contribution is -2.72. The van der Waals surface area contributed by atoms with Gasteiger partial charge < -0.3 is 24.2 Å². The molecular weight excluding hydrogens is 713 g/mol. The van der Waals surface area contributed by atoms with Gasteiger partial charge in [0.25, 0.3) is 11.8 Å². The SMILES string of the molecule is C=CCOC(=O)Nc1nc(C(=NOC)C(=O)N[C@H]2C(=O)N3C(C(=O)OCC=C)=C([n+]4ccc(C)c(C)c4)CCC23)cs1.O=S(=O)([O-])C(F)(F)F. The van der Waals surface area contributed by atoms with Gasteiger partial charge in [-0.15, -0.1) is 11.3 Å². The van der Waals surface area contributed by atoms with E-state index in [1.165, 1.54) is 29.5 Å². The van der Waals surface area contributed by atoms with E-state index in [0.717, 1.165) is 22.5 Å². The number of aryl methyl sites for hydroxylation is 2. The molecule has 2 aromatic heterocycles. The van der Waals surface area contributed by atoms with Gasteiger partial charge in [0.1, 0.15) is 32.1 Å². The van der Waals surface area contributed by atoms with Gasteiger partial charge in [0.2, 0.25) is 5.70 Å². The Hall–Kier alpha value is -5.15. The molecule has 0 saturated carbocycles. The molecule has 1 saturated heterocycles. The predicted octanol–water partition coefficient (Wildman–Crippen LogP) is 2.27. The summed E-state index contributed by atoms with van der Waals surface area (Å²) in [5, 5.41) is 10.6. The molecule has 4 rings (SSSR count). The summed E-state index contributed by atoms with van der Waals surface area (Å²) in [4.78, 5) is 62.1. The Labute approximate surface area is 287 Å². The van der Waals surface area contributed by atoms with E-state index in [9.17, 15) is 32.3 Å². The highest BCUT2D eigenvalue weighted by atomic mass is 32.2. The number of fused-ring (bicyclic) bond motifs is 1. The molecular formula is C29H31F3N6O10S2. The standard InChI is InChI=1S/C28H30N6O7S.CHF3O3S/c1-6-12-40-26(37)23-20(33-11-10-16(3)17(4)14-33)9-8-19-22(25(36)34(19)23)30-24(35)21(32-39-5)18-15-42-27(29-18)31-28(38)41-13-7-2;2-1(3,4)8(5,6)7/h6-7,10-11,14-15,19,22H,1-2,8-9,12-13H2,3-5H3,(H-,29,30,31,35,38);(H,5,6,7)/t19?,22-;/m1./s1. The number of nitrogens with one attached hydrogen (secondary N) is 2. The van der Waals surface area contributed by atoms with Crippen molar-refractivity contribution in [1.82, 2.24) is 15.2 Å². The first-order valence-corrected chi connectivity index (χ1v) is 16.5. The van der Waals surface area contributed by atoms with Crippen molar-refractivity contribution >= 4 is 61.9 Å². The summed E-state index contributed by atoms with van der Waals surface area (Å²) < 4.78 is 70.9. The predicted molar refractivity (Wildman–Crippen MR) is 169 cm³/mol. The monoisotopic (exact) mass is 744 g/mol. The molecule has 2 aromatic rings. The Balaban J connectivity index is 0.000000753. The number of allylic oxidation sites excluding steroid dienone is 1. The summed E-state index contributed by atoms with van der Waals surface area (Å²) in [7, 11) is -4.83. The van der Waals surface area contributed by atoms with Crippen molar-refractivity contribution in [3.63, 3.8) is 0 Å². The van der Waals surface area contributed by atoms with E-state index >= 15 is 0 Å². The molecule has 0 spiro atoms. The minimum absolute atomic E-state index is 0.0180. The quantitative estimate of drug-likeness (QED) is 0.0498. The summed E-state index contributed by atoms with van der Waals surface area (Å²) in [6, 6.07) is 0.528. The fraction of sp³-hybridized carbons (Fsp3) is 0.345. The summed E-state index contributed by atoms with van der Waals surface area (Å²) in [5.74, 6) is -1.84. The molecule has 0 bridgehead atoms. The Morgan fingerprint density at radius 2 is 1.84 bits per heavy atom. The number of alkyl halides is 3. The lowest BCUT2D eigenvalue weighted by atomic mass is 9.85. The van der Waals surface area contributed by atoms with Gasteiger partial charge in [-0.05, 0) is 25.8 Å². The Morgan fingerprint density at radius 1 is 1.20 bits per heavy atom. The van der Waals surface area contributed by atoms with Crippen LogP contribution in [-0.2, 0) is 38.8 Å². The Kier molecular flexibility index (Phi) is 13.0. The Morgan fingerprint density at radius 3 is 2.42 bits per heavy atom. The maximum Gasteiger partial charge on any atom is 0.485 e. The van der Waals surface area contributed by atoms with Gasteiger partial charge in [0.15, 0.2) is 39.1 Å². The van der Waals surface area contributed by atoms with Crippen LogP contribution in [0.1, 0.15) is 29.7 Å². The second kappa shape index (κ2) is 16.5. The number of esters is 1. The minimum Gasteiger partial charge on any atom is -0.741 e. The fourth-order valence-corrected chi connectivity index (χ4v) is 5.22. The van der Waals surface area contributed by atoms with Gasteiger partial charge in [-0.2, -0.15) is 17.7 Å². The number of ether oxygens (including phenoxy) is 2. The molecule has 3 amide bonds. The summed E-state index contributed by atoms with van der Waals surface area (Å²) in [6.07, 6.45) is 6.81. The number of anilines is 1. The number of carbonyl (C=O) groups excluding carboxylic acids is 4. The maximum absolute atomic E-state index is 13.4. The van der Waals surface area contributed by atoms with Crippen molar-refractivity contribution in [1.29, 1.82) is 0 Å². The van der Waals surface area contributed by atoms with Gasteiger partial charge >= 0.3 is 17.6 Å². The first-order valence-electron chi connectivity index (χ1n) is 14.2. The second-order valence-electron chi connectivity index (χ2n) is 10.2. The molecule has 270 valence electrons. The van der Waals surface area contributed by atoms with E-state index in [-0.39, 0.29) is 35.4 Å². The van der Waals surface area contributed by atoms with Crippen molar-refractivity contribution in [2.75, 3.05) is 25.6 Å². The Bertz CT molecular complexity index is 1840. The number of nitrogens with zero attached hydrogens (tertiary/aromatic N) is 4. The van der Waals surface area contributed by atoms with Crippen molar-refractivity contribution < 1.29 is 64.2 Å². The van der Waals surface area contributed by atoms with E-state index in [1.807, 2.05) is 36.9 Å². The number of rotatable bonds is 11. The van der Waals surface area contributed by atoms with Gasteiger partial charge in [-0.25, -0.2) is 23.0 Å². The largest absolute Gasteiger partial charge is 0.741 e. The molecule has 16 nitrogen and oxygen atoms in total. The smallest absolute Gasteiger partial charge is 0.485 e. The van der Waals surface area contributed by atoms with Crippen molar-refractivity contribution in [3.8, 4) is 0 Å². The van der Waals surface area contributed by atoms with Crippen molar-refractivity contribution in [3.05, 3.63) is 71.7 Å². The van der Waals surface area contributed by atoms with Gasteiger partial charge in [-0.3, -0.25) is 19.8 Å². The van der Waals surface area contributed by atoms with E-state index < -0.39 is 51.6 Å². The van der Waals surface area contributed by atoms with E-state index in [4.69, 9.17) is 27.3 Å². The minimum atomic E-state index is -6.09. The summed E-state index contributed by atoms with van der Waals surface area (Å²) in [6.45, 7) is 11.0. The molecule has 2 atom stereocenters. The summed E-state index contributed by atoms with van der Waals surface area (Å²) >= 11 is 1.04. The number of β-lactam (4-membered cyclic amide) rings is 1. The van der Waals surface area contributed by atoms with Crippen molar-refractivity contribution in [2.24, 2.45) is 5.16 Å². The number of thiazole rings is 1. The van der Waals surface area contributed by atoms with Crippen LogP contribution >= 0.6 is 11.3 Å². The average molecular weight is 745 g/mol. The topological polar surface area (TPSA) is 210 Å². The number of oxime groups is 1. The number of aromatic nitrogens is 2.